The van der Waals surface area contributed by atoms with Gasteiger partial charge in [0, 0.05) is 18.6 Å². The average molecular weight is 252 g/mol. The maximum absolute atomic E-state index is 12.2. The summed E-state index contributed by atoms with van der Waals surface area (Å²) in [5.74, 6) is 0.462. The number of nitrogens with zero attached hydrogens (tertiary/aromatic N) is 1. The van der Waals surface area contributed by atoms with Crippen molar-refractivity contribution >= 4 is 0 Å². The molecule has 1 N–H and O–H groups in total. The Bertz CT molecular complexity index is 230. The molecule has 3 unspecified atom stereocenters. The molecule has 0 aliphatic carbocycles. The fourth-order valence-electron chi connectivity index (χ4n) is 2.61. The number of alkyl halides is 3. The van der Waals surface area contributed by atoms with Crippen molar-refractivity contribution in [1.82, 2.24) is 10.2 Å². The van der Waals surface area contributed by atoms with E-state index in [-0.39, 0.29) is 6.04 Å². The SMILES string of the molecule is CC(CC(F)(F)F)NC(C)C1CCCN(C)C1. The van der Waals surface area contributed by atoms with Crippen LogP contribution in [0.3, 0.4) is 0 Å². The van der Waals surface area contributed by atoms with Crippen LogP contribution in [0.25, 0.3) is 0 Å². The third kappa shape index (κ3) is 5.73. The largest absolute Gasteiger partial charge is 0.390 e. The van der Waals surface area contributed by atoms with Gasteiger partial charge in [-0.25, -0.2) is 0 Å². The molecule has 17 heavy (non-hydrogen) atoms. The monoisotopic (exact) mass is 252 g/mol. The first kappa shape index (κ1) is 14.8. The molecule has 0 aromatic heterocycles. The maximum Gasteiger partial charge on any atom is 0.390 e. The Labute approximate surface area is 102 Å². The Morgan fingerprint density at radius 3 is 2.53 bits per heavy atom. The molecule has 0 radical (unpaired) electrons. The van der Waals surface area contributed by atoms with Gasteiger partial charge >= 0.3 is 6.18 Å². The van der Waals surface area contributed by atoms with E-state index in [1.807, 2.05) is 6.92 Å². The third-order valence-electron chi connectivity index (χ3n) is 3.45. The lowest BCUT2D eigenvalue weighted by atomic mass is 9.91. The van der Waals surface area contributed by atoms with Crippen molar-refractivity contribution in [2.75, 3.05) is 20.1 Å². The topological polar surface area (TPSA) is 15.3 Å². The fourth-order valence-corrected chi connectivity index (χ4v) is 2.61. The first-order chi connectivity index (χ1) is 7.78. The van der Waals surface area contributed by atoms with Crippen molar-refractivity contribution in [2.45, 2.75) is 51.4 Å². The Kier molecular flexibility index (Phi) is 5.25. The molecule has 2 nitrogen and oxygen atoms in total. The minimum Gasteiger partial charge on any atom is -0.311 e. The Morgan fingerprint density at radius 2 is 2.00 bits per heavy atom. The molecule has 0 aromatic carbocycles. The summed E-state index contributed by atoms with van der Waals surface area (Å²) < 4.78 is 36.6. The summed E-state index contributed by atoms with van der Waals surface area (Å²) >= 11 is 0. The van der Waals surface area contributed by atoms with Crippen LogP contribution in [-0.2, 0) is 0 Å². The molecule has 1 rings (SSSR count). The highest BCUT2D eigenvalue weighted by molar-refractivity contribution is 4.81. The highest BCUT2D eigenvalue weighted by Gasteiger charge is 2.31. The van der Waals surface area contributed by atoms with E-state index in [1.165, 1.54) is 0 Å². The summed E-state index contributed by atoms with van der Waals surface area (Å²) in [6.45, 7) is 5.68. The van der Waals surface area contributed by atoms with Crippen LogP contribution in [0.15, 0.2) is 0 Å². The summed E-state index contributed by atoms with van der Waals surface area (Å²) in [5.41, 5.74) is 0. The number of hydrogen-bond donors (Lipinski definition) is 1. The third-order valence-corrected chi connectivity index (χ3v) is 3.45. The molecule has 1 aliphatic rings. The lowest BCUT2D eigenvalue weighted by Gasteiger charge is -2.35. The molecule has 1 saturated heterocycles. The van der Waals surface area contributed by atoms with Gasteiger partial charge in [0.25, 0.3) is 0 Å². The number of nitrogens with one attached hydrogen (secondary N) is 1. The molecule has 0 aromatic rings. The van der Waals surface area contributed by atoms with Crippen molar-refractivity contribution in [1.29, 1.82) is 0 Å². The predicted molar refractivity (Wildman–Crippen MR) is 63.0 cm³/mol. The Hall–Kier alpha value is -0.290. The van der Waals surface area contributed by atoms with E-state index in [2.05, 4.69) is 17.3 Å². The molecule has 1 aliphatic heterocycles. The van der Waals surface area contributed by atoms with E-state index >= 15 is 0 Å². The van der Waals surface area contributed by atoms with Gasteiger partial charge in [-0.15, -0.1) is 0 Å². The van der Waals surface area contributed by atoms with Crippen LogP contribution in [0.5, 0.6) is 0 Å². The molecule has 0 amide bonds. The minimum atomic E-state index is -4.07. The predicted octanol–water partition coefficient (Wildman–Crippen LogP) is 2.65. The normalized spacial score (nSPS) is 26.8. The van der Waals surface area contributed by atoms with Gasteiger partial charge in [0.2, 0.25) is 0 Å². The van der Waals surface area contributed by atoms with Gasteiger partial charge in [0.05, 0.1) is 6.42 Å². The van der Waals surface area contributed by atoms with Crippen LogP contribution in [0, 0.1) is 5.92 Å². The zero-order valence-electron chi connectivity index (χ0n) is 10.8. The second-order valence-electron chi connectivity index (χ2n) is 5.34. The minimum absolute atomic E-state index is 0.148. The van der Waals surface area contributed by atoms with Crippen molar-refractivity contribution in [3.8, 4) is 0 Å². The first-order valence-corrected chi connectivity index (χ1v) is 6.29. The molecule has 0 spiro atoms. The number of piperidine rings is 1. The van der Waals surface area contributed by atoms with E-state index in [9.17, 15) is 13.2 Å². The molecule has 3 atom stereocenters. The summed E-state index contributed by atoms with van der Waals surface area (Å²) in [4.78, 5) is 2.25. The Balaban J connectivity index is 2.34. The van der Waals surface area contributed by atoms with E-state index in [0.717, 1.165) is 25.9 Å². The van der Waals surface area contributed by atoms with Gasteiger partial charge < -0.3 is 10.2 Å². The summed E-state index contributed by atoms with van der Waals surface area (Å²) in [6.07, 6.45) is -2.58. The highest BCUT2D eigenvalue weighted by Crippen LogP contribution is 2.23. The molecular weight excluding hydrogens is 229 g/mol. The van der Waals surface area contributed by atoms with Crippen LogP contribution >= 0.6 is 0 Å². The number of halogens is 3. The molecular formula is C12H23F3N2. The fraction of sp³-hybridized carbons (Fsp3) is 1.00. The Morgan fingerprint density at radius 1 is 1.35 bits per heavy atom. The smallest absolute Gasteiger partial charge is 0.311 e. The van der Waals surface area contributed by atoms with Gasteiger partial charge in [-0.1, -0.05) is 0 Å². The van der Waals surface area contributed by atoms with Gasteiger partial charge in [-0.05, 0) is 46.2 Å². The highest BCUT2D eigenvalue weighted by atomic mass is 19.4. The maximum atomic E-state index is 12.2. The van der Waals surface area contributed by atoms with E-state index in [4.69, 9.17) is 0 Å². The van der Waals surface area contributed by atoms with Gasteiger partial charge in [0.15, 0.2) is 0 Å². The standard InChI is InChI=1S/C12H23F3N2/c1-9(7-12(13,14)15)16-10(2)11-5-4-6-17(3)8-11/h9-11,16H,4-8H2,1-3H3. The molecule has 1 fully saturated rings. The molecule has 0 saturated carbocycles. The lowest BCUT2D eigenvalue weighted by Crippen LogP contribution is -2.46. The molecule has 5 heteroatoms. The van der Waals surface area contributed by atoms with Crippen LogP contribution < -0.4 is 5.32 Å². The zero-order valence-corrected chi connectivity index (χ0v) is 10.8. The lowest BCUT2D eigenvalue weighted by molar-refractivity contribution is -0.139. The van der Waals surface area contributed by atoms with Crippen molar-refractivity contribution in [3.63, 3.8) is 0 Å². The van der Waals surface area contributed by atoms with Crippen molar-refractivity contribution < 1.29 is 13.2 Å². The van der Waals surface area contributed by atoms with Crippen molar-refractivity contribution in [3.05, 3.63) is 0 Å². The summed E-state index contributed by atoms with van der Waals surface area (Å²) in [6, 6.07) is -0.354. The van der Waals surface area contributed by atoms with Gasteiger partial charge in [-0.3, -0.25) is 0 Å². The number of likely N-dealkylation sites (tertiary alicyclic amines) is 1. The van der Waals surface area contributed by atoms with Crippen LogP contribution in [-0.4, -0.2) is 43.3 Å². The number of rotatable bonds is 4. The molecule has 1 heterocycles. The quantitative estimate of drug-likeness (QED) is 0.827. The zero-order chi connectivity index (χ0) is 13.1. The first-order valence-electron chi connectivity index (χ1n) is 6.29. The van der Waals surface area contributed by atoms with Crippen molar-refractivity contribution in [2.24, 2.45) is 5.92 Å². The van der Waals surface area contributed by atoms with E-state index in [1.54, 1.807) is 6.92 Å². The van der Waals surface area contributed by atoms with Gasteiger partial charge in [-0.2, -0.15) is 13.2 Å². The molecule has 0 bridgehead atoms. The molecule has 102 valence electrons. The van der Waals surface area contributed by atoms with E-state index in [0.29, 0.717) is 5.92 Å². The van der Waals surface area contributed by atoms with E-state index < -0.39 is 18.6 Å². The number of hydrogen-bond acceptors (Lipinski definition) is 2. The summed E-state index contributed by atoms with van der Waals surface area (Å²) in [5, 5.41) is 3.08. The van der Waals surface area contributed by atoms with Gasteiger partial charge in [0.1, 0.15) is 0 Å². The van der Waals surface area contributed by atoms with Crippen LogP contribution in [0.4, 0.5) is 13.2 Å². The summed E-state index contributed by atoms with van der Waals surface area (Å²) in [7, 11) is 2.07. The average Bonchev–Trinajstić information content (AvgIpc) is 2.14. The second-order valence-corrected chi connectivity index (χ2v) is 5.34. The van der Waals surface area contributed by atoms with Crippen LogP contribution in [0.1, 0.15) is 33.1 Å². The second kappa shape index (κ2) is 6.05. The van der Waals surface area contributed by atoms with Crippen LogP contribution in [0.2, 0.25) is 0 Å².